The van der Waals surface area contributed by atoms with Gasteiger partial charge in [-0.3, -0.25) is 9.59 Å². The summed E-state index contributed by atoms with van der Waals surface area (Å²) in [6.45, 7) is 2.59. The molecule has 212 valence electrons. The summed E-state index contributed by atoms with van der Waals surface area (Å²) >= 11 is 0. The van der Waals surface area contributed by atoms with E-state index in [1.807, 2.05) is 25.1 Å². The van der Waals surface area contributed by atoms with Crippen molar-refractivity contribution in [3.8, 4) is 11.5 Å². The van der Waals surface area contributed by atoms with Crippen LogP contribution in [0.4, 0.5) is 8.78 Å². The van der Waals surface area contributed by atoms with Gasteiger partial charge in [-0.15, -0.1) is 0 Å². The molecular formula is C30H38F2N2O5. The molecule has 1 aliphatic carbocycles. The molecule has 2 aromatic carbocycles. The largest absolute Gasteiger partial charge is 0.497 e. The molecule has 1 saturated carbocycles. The zero-order chi connectivity index (χ0) is 28.3. The summed E-state index contributed by atoms with van der Waals surface area (Å²) in [5, 5.41) is 10.9. The van der Waals surface area contributed by atoms with Gasteiger partial charge in [-0.25, -0.2) is 8.78 Å². The van der Waals surface area contributed by atoms with Crippen molar-refractivity contribution in [2.45, 2.75) is 57.2 Å². The number of methoxy groups -OCH3 is 1. The van der Waals surface area contributed by atoms with Crippen molar-refractivity contribution in [3.63, 3.8) is 0 Å². The zero-order valence-corrected chi connectivity index (χ0v) is 23.0. The van der Waals surface area contributed by atoms with E-state index in [2.05, 4.69) is 0 Å². The van der Waals surface area contributed by atoms with Gasteiger partial charge >= 0.3 is 0 Å². The maximum absolute atomic E-state index is 14.0. The summed E-state index contributed by atoms with van der Waals surface area (Å²) in [7, 11) is 4.86. The number of hydrogen-bond donors (Lipinski definition) is 1. The van der Waals surface area contributed by atoms with E-state index < -0.39 is 17.9 Å². The van der Waals surface area contributed by atoms with E-state index in [1.165, 1.54) is 30.2 Å². The second-order valence-corrected chi connectivity index (χ2v) is 11.0. The Labute approximate surface area is 228 Å². The Morgan fingerprint density at radius 2 is 1.77 bits per heavy atom. The van der Waals surface area contributed by atoms with E-state index in [-0.39, 0.29) is 17.6 Å². The van der Waals surface area contributed by atoms with Crippen molar-refractivity contribution < 1.29 is 33.0 Å². The first-order chi connectivity index (χ1) is 18.5. The van der Waals surface area contributed by atoms with Crippen LogP contribution >= 0.6 is 0 Å². The molecule has 0 aromatic heterocycles. The van der Waals surface area contributed by atoms with Crippen LogP contribution in [0.15, 0.2) is 42.5 Å². The molecular weight excluding hydrogens is 506 g/mol. The van der Waals surface area contributed by atoms with Crippen LogP contribution in [0, 0.1) is 18.8 Å². The summed E-state index contributed by atoms with van der Waals surface area (Å²) in [6, 6.07) is 11.2. The number of aliphatic hydroxyl groups is 1. The van der Waals surface area contributed by atoms with Crippen molar-refractivity contribution in [2.24, 2.45) is 11.8 Å². The number of hydrogen-bond acceptors (Lipinski definition) is 5. The highest BCUT2D eigenvalue weighted by atomic mass is 19.3. The number of amides is 2. The Hall–Kier alpha value is -3.20. The van der Waals surface area contributed by atoms with E-state index >= 15 is 0 Å². The Kier molecular flexibility index (Phi) is 8.79. The molecule has 2 aliphatic rings. The number of halogens is 2. The molecule has 1 N–H and O–H groups in total. The lowest BCUT2D eigenvalue weighted by molar-refractivity contribution is -0.173. The van der Waals surface area contributed by atoms with Crippen molar-refractivity contribution in [1.29, 1.82) is 0 Å². The van der Waals surface area contributed by atoms with Crippen LogP contribution in [0.2, 0.25) is 0 Å². The van der Waals surface area contributed by atoms with Gasteiger partial charge in [0.15, 0.2) is 0 Å². The minimum absolute atomic E-state index is 0.0327. The zero-order valence-electron chi connectivity index (χ0n) is 23.0. The van der Waals surface area contributed by atoms with Gasteiger partial charge in [0.05, 0.1) is 13.2 Å². The number of carbonyl (C=O) groups excluding carboxylic acids is 2. The third-order valence-electron chi connectivity index (χ3n) is 8.05. The van der Waals surface area contributed by atoms with Crippen molar-refractivity contribution in [2.75, 3.05) is 34.3 Å². The smallest absolute Gasteiger partial charge is 0.280 e. The fourth-order valence-electron chi connectivity index (χ4n) is 5.63. The molecule has 4 rings (SSSR count). The number of nitrogens with zero attached hydrogens (tertiary/aromatic N) is 2. The number of benzene rings is 2. The van der Waals surface area contributed by atoms with Gasteiger partial charge in [0.1, 0.15) is 11.5 Å². The molecule has 2 aromatic rings. The predicted molar refractivity (Wildman–Crippen MR) is 143 cm³/mol. The molecule has 0 bridgehead atoms. The maximum Gasteiger partial charge on any atom is 0.280 e. The molecule has 1 aliphatic heterocycles. The average Bonchev–Trinajstić information content (AvgIpc) is 2.91. The number of carbonyl (C=O) groups is 2. The molecule has 0 unspecified atom stereocenters. The quantitative estimate of drug-likeness (QED) is 0.498. The number of likely N-dealkylation sites (tertiary alicyclic amines) is 1. The highest BCUT2D eigenvalue weighted by Crippen LogP contribution is 2.39. The van der Waals surface area contributed by atoms with Crippen molar-refractivity contribution in [3.05, 3.63) is 59.2 Å². The summed E-state index contributed by atoms with van der Waals surface area (Å²) in [5.41, 5.74) is -1.53. The average molecular weight is 545 g/mol. The highest BCUT2D eigenvalue weighted by Gasteiger charge is 2.50. The fourth-order valence-corrected chi connectivity index (χ4v) is 5.63. The van der Waals surface area contributed by atoms with Gasteiger partial charge < -0.3 is 24.4 Å². The normalized spacial score (nSPS) is 21.2. The van der Waals surface area contributed by atoms with E-state index in [0.717, 1.165) is 30.6 Å². The maximum atomic E-state index is 14.0. The Bertz CT molecular complexity index is 1180. The molecule has 2 fully saturated rings. The molecule has 1 atom stereocenters. The van der Waals surface area contributed by atoms with Gasteiger partial charge in [-0.05, 0) is 86.8 Å². The van der Waals surface area contributed by atoms with Crippen LogP contribution in [0.1, 0.15) is 53.6 Å². The summed E-state index contributed by atoms with van der Waals surface area (Å²) < 4.78 is 39.3. The van der Waals surface area contributed by atoms with Gasteiger partial charge in [0.2, 0.25) is 5.60 Å². The first kappa shape index (κ1) is 28.8. The van der Waals surface area contributed by atoms with Gasteiger partial charge in [-0.2, -0.15) is 0 Å². The third kappa shape index (κ3) is 6.19. The van der Waals surface area contributed by atoms with Crippen LogP contribution in [-0.4, -0.2) is 73.5 Å². The Balaban J connectivity index is 1.25. The lowest BCUT2D eigenvalue weighted by atomic mass is 9.74. The van der Waals surface area contributed by atoms with Gasteiger partial charge in [0.25, 0.3) is 18.2 Å². The lowest BCUT2D eigenvalue weighted by Crippen LogP contribution is -2.53. The molecule has 7 nitrogen and oxygen atoms in total. The van der Waals surface area contributed by atoms with Crippen molar-refractivity contribution in [1.82, 2.24) is 9.80 Å². The number of rotatable bonds is 9. The first-order valence-electron chi connectivity index (χ1n) is 13.5. The fraction of sp³-hybridized carbons (Fsp3) is 0.533. The minimum atomic E-state index is -3.27. The number of piperidine rings is 1. The van der Waals surface area contributed by atoms with Gasteiger partial charge in [-0.1, -0.05) is 12.1 Å². The number of ether oxygens (including phenoxy) is 2. The summed E-state index contributed by atoms with van der Waals surface area (Å²) in [4.78, 5) is 28.3. The number of alkyl halides is 2. The molecule has 39 heavy (non-hydrogen) atoms. The summed E-state index contributed by atoms with van der Waals surface area (Å²) in [5.74, 6) is 0.987. The predicted octanol–water partition coefficient (Wildman–Crippen LogP) is 4.64. The summed E-state index contributed by atoms with van der Waals surface area (Å²) in [6.07, 6.45) is 1.18. The molecule has 0 spiro atoms. The molecule has 1 saturated heterocycles. The Morgan fingerprint density at radius 1 is 1.08 bits per heavy atom. The highest BCUT2D eigenvalue weighted by molar-refractivity contribution is 5.95. The second-order valence-electron chi connectivity index (χ2n) is 11.0. The molecule has 2 amide bonds. The van der Waals surface area contributed by atoms with Crippen LogP contribution in [0.3, 0.4) is 0 Å². The second kappa shape index (κ2) is 11.9. The monoisotopic (exact) mass is 544 g/mol. The standard InChI is InChI=1S/C30H38F2N2O5/c1-19-14-24(8-9-26(19)27(35)33(2)3)39-25-16-21(17-25)15-20-10-12-34(13-11-20)29(36)30(37,28(31)32)22-6-5-7-23(18-22)38-4/h5-9,14,18,20-21,25,28,37H,10-13,15-17H2,1-4H3/t21?,25?,30-/m0/s1. The van der Waals surface area contributed by atoms with Crippen LogP contribution in [0.25, 0.3) is 0 Å². The first-order valence-corrected chi connectivity index (χ1v) is 13.5. The van der Waals surface area contributed by atoms with Crippen molar-refractivity contribution >= 4 is 11.8 Å². The van der Waals surface area contributed by atoms with Crippen LogP contribution in [-0.2, 0) is 10.4 Å². The van der Waals surface area contributed by atoms with Crippen LogP contribution in [0.5, 0.6) is 11.5 Å². The SMILES string of the molecule is COc1cccc([C@@](O)(C(=O)N2CCC(CC3CC(Oc4ccc(C(=O)N(C)C)c(C)c4)C3)CC2)C(F)F)c1. The molecule has 1 heterocycles. The van der Waals surface area contributed by atoms with E-state index in [1.54, 1.807) is 25.1 Å². The third-order valence-corrected chi connectivity index (χ3v) is 8.05. The molecule has 0 radical (unpaired) electrons. The lowest BCUT2D eigenvalue weighted by Gasteiger charge is -2.41. The van der Waals surface area contributed by atoms with E-state index in [9.17, 15) is 23.5 Å². The van der Waals surface area contributed by atoms with E-state index in [0.29, 0.717) is 49.1 Å². The van der Waals surface area contributed by atoms with Crippen LogP contribution < -0.4 is 9.47 Å². The number of aryl methyl sites for hydroxylation is 1. The molecule has 9 heteroatoms. The van der Waals surface area contributed by atoms with E-state index in [4.69, 9.17) is 9.47 Å². The minimum Gasteiger partial charge on any atom is -0.497 e. The topological polar surface area (TPSA) is 79.3 Å². The van der Waals surface area contributed by atoms with Gasteiger partial charge in [0, 0.05) is 38.3 Å². The Morgan fingerprint density at radius 3 is 2.36 bits per heavy atom.